The van der Waals surface area contributed by atoms with E-state index in [1.165, 1.54) is 37.8 Å². The molecule has 1 saturated heterocycles. The average molecular weight is 302 g/mol. The largest absolute Gasteiger partial charge is 0.356 e. The molecule has 22 heavy (non-hydrogen) atoms. The van der Waals surface area contributed by atoms with Crippen LogP contribution in [0.25, 0.3) is 0 Å². The van der Waals surface area contributed by atoms with Gasteiger partial charge in [-0.15, -0.1) is 0 Å². The predicted octanol–water partition coefficient (Wildman–Crippen LogP) is 3.31. The molecule has 3 heteroatoms. The molecular formula is C19H30N2O. The van der Waals surface area contributed by atoms with Gasteiger partial charge in [0.15, 0.2) is 0 Å². The number of benzene rings is 1. The zero-order chi connectivity index (χ0) is 15.8. The first-order valence-corrected chi connectivity index (χ1v) is 8.75. The van der Waals surface area contributed by atoms with Crippen LogP contribution in [0, 0.1) is 6.92 Å². The molecule has 1 atom stereocenters. The Balaban J connectivity index is 1.63. The molecule has 1 aromatic rings. The van der Waals surface area contributed by atoms with Gasteiger partial charge in [0, 0.05) is 19.1 Å². The number of carbonyl (C=O) groups is 1. The molecule has 0 bridgehead atoms. The maximum absolute atomic E-state index is 11.9. The molecule has 0 radical (unpaired) electrons. The second-order valence-corrected chi connectivity index (χ2v) is 6.46. The van der Waals surface area contributed by atoms with Crippen LogP contribution in [0.3, 0.4) is 0 Å². The van der Waals surface area contributed by atoms with Crippen molar-refractivity contribution in [3.05, 3.63) is 35.4 Å². The average Bonchev–Trinajstić information content (AvgIpc) is 2.54. The van der Waals surface area contributed by atoms with Gasteiger partial charge in [0.1, 0.15) is 0 Å². The Morgan fingerprint density at radius 2 is 2.05 bits per heavy atom. The van der Waals surface area contributed by atoms with Crippen molar-refractivity contribution in [1.82, 2.24) is 10.2 Å². The van der Waals surface area contributed by atoms with Crippen molar-refractivity contribution in [3.63, 3.8) is 0 Å². The van der Waals surface area contributed by atoms with Crippen molar-refractivity contribution in [2.45, 2.75) is 58.4 Å². The molecule has 2 rings (SSSR count). The Bertz CT molecular complexity index is 455. The highest BCUT2D eigenvalue weighted by atomic mass is 16.1. The van der Waals surface area contributed by atoms with Crippen molar-refractivity contribution in [1.29, 1.82) is 0 Å². The Hall–Kier alpha value is -1.35. The molecule has 0 spiro atoms. The fourth-order valence-corrected chi connectivity index (χ4v) is 3.28. The lowest BCUT2D eigenvalue weighted by molar-refractivity contribution is -0.120. The van der Waals surface area contributed by atoms with E-state index < -0.39 is 0 Å². The molecule has 1 aliphatic heterocycles. The van der Waals surface area contributed by atoms with E-state index in [9.17, 15) is 4.79 Å². The number of rotatable bonds is 7. The molecular weight excluding hydrogens is 272 g/mol. The van der Waals surface area contributed by atoms with Crippen molar-refractivity contribution in [3.8, 4) is 0 Å². The Morgan fingerprint density at radius 1 is 1.27 bits per heavy atom. The molecule has 3 nitrogen and oxygen atoms in total. The minimum atomic E-state index is 0.134. The minimum Gasteiger partial charge on any atom is -0.356 e. The highest BCUT2D eigenvalue weighted by Gasteiger charge is 2.19. The summed E-state index contributed by atoms with van der Waals surface area (Å²) >= 11 is 0. The molecule has 0 aromatic heterocycles. The summed E-state index contributed by atoms with van der Waals surface area (Å²) in [4.78, 5) is 14.6. The number of carbonyl (C=O) groups excluding carboxylic acids is 1. The maximum atomic E-state index is 11.9. The van der Waals surface area contributed by atoms with Gasteiger partial charge in [-0.3, -0.25) is 4.79 Å². The first-order chi connectivity index (χ1) is 10.7. The van der Waals surface area contributed by atoms with Crippen LogP contribution in [0.4, 0.5) is 0 Å². The Morgan fingerprint density at radius 3 is 2.77 bits per heavy atom. The molecule has 1 aromatic carbocycles. The van der Waals surface area contributed by atoms with E-state index >= 15 is 0 Å². The van der Waals surface area contributed by atoms with E-state index in [2.05, 4.69) is 36.2 Å². The summed E-state index contributed by atoms with van der Waals surface area (Å²) in [6.07, 6.45) is 6.84. The van der Waals surface area contributed by atoms with Crippen molar-refractivity contribution < 1.29 is 4.79 Å². The van der Waals surface area contributed by atoms with Gasteiger partial charge in [-0.1, -0.05) is 43.2 Å². The number of nitrogens with zero attached hydrogens (tertiary/aromatic N) is 1. The van der Waals surface area contributed by atoms with E-state index in [0.717, 1.165) is 31.1 Å². The van der Waals surface area contributed by atoms with E-state index in [1.54, 1.807) is 0 Å². The number of hydrogen-bond acceptors (Lipinski definition) is 2. The van der Waals surface area contributed by atoms with Crippen LogP contribution in [0.5, 0.6) is 0 Å². The standard InChI is InChI=1S/C19H30N2O/c1-3-18-7-4-5-13-21(18)14-6-12-20-19(22)15-17-10-8-16(2)9-11-17/h8-11,18H,3-7,12-15H2,1-2H3,(H,20,22)/t18-/m1/s1. The number of hydrogen-bond donors (Lipinski definition) is 1. The first-order valence-electron chi connectivity index (χ1n) is 8.75. The molecule has 0 aliphatic carbocycles. The molecule has 0 saturated carbocycles. The third kappa shape index (κ3) is 5.45. The van der Waals surface area contributed by atoms with E-state index in [0.29, 0.717) is 6.42 Å². The van der Waals surface area contributed by atoms with Crippen molar-refractivity contribution in [2.24, 2.45) is 0 Å². The summed E-state index contributed by atoms with van der Waals surface area (Å²) in [5.41, 5.74) is 2.32. The van der Waals surface area contributed by atoms with Crippen LogP contribution in [0.15, 0.2) is 24.3 Å². The number of amides is 1. The number of likely N-dealkylation sites (tertiary alicyclic amines) is 1. The number of nitrogens with one attached hydrogen (secondary N) is 1. The van der Waals surface area contributed by atoms with E-state index in [-0.39, 0.29) is 5.91 Å². The highest BCUT2D eigenvalue weighted by Crippen LogP contribution is 2.19. The smallest absolute Gasteiger partial charge is 0.224 e. The normalized spacial score (nSPS) is 19.1. The third-order valence-corrected chi connectivity index (χ3v) is 4.65. The predicted molar refractivity (Wildman–Crippen MR) is 92.0 cm³/mol. The summed E-state index contributed by atoms with van der Waals surface area (Å²) in [6.45, 7) is 7.48. The summed E-state index contributed by atoms with van der Waals surface area (Å²) < 4.78 is 0. The molecule has 1 aliphatic rings. The van der Waals surface area contributed by atoms with Gasteiger partial charge < -0.3 is 10.2 Å². The topological polar surface area (TPSA) is 32.3 Å². The molecule has 0 unspecified atom stereocenters. The lowest BCUT2D eigenvalue weighted by Crippen LogP contribution is -2.40. The van der Waals surface area contributed by atoms with Gasteiger partial charge in [0.05, 0.1) is 6.42 Å². The van der Waals surface area contributed by atoms with Crippen LogP contribution in [-0.2, 0) is 11.2 Å². The lowest BCUT2D eigenvalue weighted by atomic mass is 10.00. The Labute approximate surface area is 135 Å². The molecule has 1 fully saturated rings. The van der Waals surface area contributed by atoms with Gasteiger partial charge >= 0.3 is 0 Å². The van der Waals surface area contributed by atoms with Crippen LogP contribution < -0.4 is 5.32 Å². The van der Waals surface area contributed by atoms with Gasteiger partial charge in [-0.25, -0.2) is 0 Å². The van der Waals surface area contributed by atoms with Crippen LogP contribution in [0.1, 0.15) is 50.2 Å². The van der Waals surface area contributed by atoms with Gasteiger partial charge in [0.2, 0.25) is 5.91 Å². The summed E-state index contributed by atoms with van der Waals surface area (Å²) in [5, 5.41) is 3.05. The van der Waals surface area contributed by atoms with E-state index in [1.807, 2.05) is 12.1 Å². The van der Waals surface area contributed by atoms with Gasteiger partial charge in [0.25, 0.3) is 0 Å². The monoisotopic (exact) mass is 302 g/mol. The van der Waals surface area contributed by atoms with Crippen molar-refractivity contribution in [2.75, 3.05) is 19.6 Å². The van der Waals surface area contributed by atoms with Crippen molar-refractivity contribution >= 4 is 5.91 Å². The molecule has 1 heterocycles. The maximum Gasteiger partial charge on any atom is 0.224 e. The fourth-order valence-electron chi connectivity index (χ4n) is 3.28. The second-order valence-electron chi connectivity index (χ2n) is 6.46. The quantitative estimate of drug-likeness (QED) is 0.784. The number of piperidine rings is 1. The molecule has 1 amide bonds. The van der Waals surface area contributed by atoms with Crippen LogP contribution >= 0.6 is 0 Å². The summed E-state index contributed by atoms with van der Waals surface area (Å²) in [6, 6.07) is 8.95. The minimum absolute atomic E-state index is 0.134. The van der Waals surface area contributed by atoms with Crippen LogP contribution in [-0.4, -0.2) is 36.5 Å². The van der Waals surface area contributed by atoms with Crippen LogP contribution in [0.2, 0.25) is 0 Å². The fraction of sp³-hybridized carbons (Fsp3) is 0.632. The Kier molecular flexibility index (Phi) is 6.91. The van der Waals surface area contributed by atoms with E-state index in [4.69, 9.17) is 0 Å². The highest BCUT2D eigenvalue weighted by molar-refractivity contribution is 5.78. The molecule has 1 N–H and O–H groups in total. The van der Waals surface area contributed by atoms with Gasteiger partial charge in [-0.05, 0) is 44.7 Å². The number of aryl methyl sites for hydroxylation is 1. The first kappa shape index (κ1) is 17.0. The van der Waals surface area contributed by atoms with Gasteiger partial charge in [-0.2, -0.15) is 0 Å². The summed E-state index contributed by atoms with van der Waals surface area (Å²) in [7, 11) is 0. The SMILES string of the molecule is CC[C@@H]1CCCCN1CCCNC(=O)Cc1ccc(C)cc1. The second kappa shape index (κ2) is 8.94. The molecule has 122 valence electrons. The zero-order valence-corrected chi connectivity index (χ0v) is 14.1. The third-order valence-electron chi connectivity index (χ3n) is 4.65. The lowest BCUT2D eigenvalue weighted by Gasteiger charge is -2.35. The summed E-state index contributed by atoms with van der Waals surface area (Å²) in [5.74, 6) is 0.134. The zero-order valence-electron chi connectivity index (χ0n) is 14.1.